The van der Waals surface area contributed by atoms with E-state index in [1.54, 1.807) is 0 Å². The lowest BCUT2D eigenvalue weighted by molar-refractivity contribution is 0.616. The smallest absolute Gasteiger partial charge is 0.0353 e. The molecule has 0 heterocycles. The first-order chi connectivity index (χ1) is 7.20. The Bertz CT molecular complexity index is 344. The predicted octanol–water partition coefficient (Wildman–Crippen LogP) is 4.20. The van der Waals surface area contributed by atoms with E-state index >= 15 is 0 Å². The second-order valence-electron chi connectivity index (χ2n) is 4.46. The minimum Gasteiger partial charge on any atom is -0.382 e. The molecule has 1 aromatic rings. The molecule has 0 aliphatic heterocycles. The fourth-order valence-electron chi connectivity index (χ4n) is 1.95. The van der Waals surface area contributed by atoms with Crippen LogP contribution in [0.5, 0.6) is 0 Å². The van der Waals surface area contributed by atoms with Gasteiger partial charge in [0.2, 0.25) is 0 Å². The maximum Gasteiger partial charge on any atom is 0.0353 e. The van der Waals surface area contributed by atoms with Gasteiger partial charge in [-0.1, -0.05) is 13.0 Å². The van der Waals surface area contributed by atoms with Gasteiger partial charge in [-0.3, -0.25) is 0 Å². The normalized spacial score (nSPS) is 17.5. The third kappa shape index (κ3) is 2.86. The molecule has 0 spiro atoms. The Balaban J connectivity index is 2.05. The summed E-state index contributed by atoms with van der Waals surface area (Å²) in [7, 11) is 0. The lowest BCUT2D eigenvalue weighted by atomic mass is 10.1. The van der Waals surface area contributed by atoms with Gasteiger partial charge in [-0.05, 0) is 72.4 Å². The second-order valence-corrected chi connectivity index (χ2v) is 5.62. The summed E-state index contributed by atoms with van der Waals surface area (Å²) in [5.41, 5.74) is 2.64. The number of rotatable bonds is 4. The molecule has 1 aromatic carbocycles. The van der Waals surface area contributed by atoms with Crippen LogP contribution in [0.2, 0.25) is 0 Å². The second kappa shape index (κ2) is 4.73. The molecule has 0 aromatic heterocycles. The van der Waals surface area contributed by atoms with E-state index in [2.05, 4.69) is 60.0 Å². The van der Waals surface area contributed by atoms with Crippen LogP contribution in [0.15, 0.2) is 18.2 Å². The summed E-state index contributed by atoms with van der Waals surface area (Å²) in [6.07, 6.45) is 4.05. The number of halogens is 1. The van der Waals surface area contributed by atoms with Crippen molar-refractivity contribution in [2.24, 2.45) is 5.92 Å². The first-order valence-electron chi connectivity index (χ1n) is 5.73. The molecular formula is C13H18IN. The Kier molecular flexibility index (Phi) is 3.54. The van der Waals surface area contributed by atoms with E-state index in [-0.39, 0.29) is 0 Å². The van der Waals surface area contributed by atoms with Gasteiger partial charge >= 0.3 is 0 Å². The number of anilines is 1. The average Bonchev–Trinajstić information content (AvgIpc) is 3.03. The van der Waals surface area contributed by atoms with Crippen LogP contribution in [0.3, 0.4) is 0 Å². The fourth-order valence-corrected chi connectivity index (χ4v) is 2.46. The monoisotopic (exact) mass is 315 g/mol. The van der Waals surface area contributed by atoms with Gasteiger partial charge in [0.25, 0.3) is 0 Å². The summed E-state index contributed by atoms with van der Waals surface area (Å²) < 4.78 is 1.35. The molecule has 1 aliphatic rings. The molecule has 82 valence electrons. The van der Waals surface area contributed by atoms with E-state index in [1.807, 2.05) is 0 Å². The van der Waals surface area contributed by atoms with Crippen molar-refractivity contribution in [3.63, 3.8) is 0 Å². The molecule has 1 unspecified atom stereocenters. The molecule has 1 atom stereocenters. The van der Waals surface area contributed by atoms with Crippen LogP contribution in [0.4, 0.5) is 5.69 Å². The van der Waals surface area contributed by atoms with Crippen molar-refractivity contribution in [2.45, 2.75) is 39.2 Å². The average molecular weight is 315 g/mol. The van der Waals surface area contributed by atoms with Crippen LogP contribution < -0.4 is 5.32 Å². The number of nitrogens with one attached hydrogen (secondary N) is 1. The number of hydrogen-bond acceptors (Lipinski definition) is 1. The van der Waals surface area contributed by atoms with Crippen LogP contribution in [0, 0.1) is 16.4 Å². The van der Waals surface area contributed by atoms with Crippen LogP contribution in [0.25, 0.3) is 0 Å². The Morgan fingerprint density at radius 1 is 1.47 bits per heavy atom. The van der Waals surface area contributed by atoms with Gasteiger partial charge in [0.05, 0.1) is 0 Å². The minimum atomic E-state index is 0.684. The van der Waals surface area contributed by atoms with Crippen molar-refractivity contribution in [1.29, 1.82) is 0 Å². The third-order valence-corrected chi connectivity index (χ3v) is 4.32. The van der Waals surface area contributed by atoms with Gasteiger partial charge in [0, 0.05) is 15.3 Å². The molecule has 1 nitrogen and oxygen atoms in total. The molecule has 0 saturated heterocycles. The van der Waals surface area contributed by atoms with Crippen molar-refractivity contribution in [3.05, 3.63) is 27.3 Å². The lowest BCUT2D eigenvalue weighted by Crippen LogP contribution is -2.20. The van der Waals surface area contributed by atoms with Gasteiger partial charge in [-0.2, -0.15) is 0 Å². The highest BCUT2D eigenvalue weighted by Gasteiger charge is 2.29. The van der Waals surface area contributed by atoms with Crippen LogP contribution in [-0.4, -0.2) is 6.04 Å². The van der Waals surface area contributed by atoms with Gasteiger partial charge < -0.3 is 5.32 Å². The molecule has 1 aliphatic carbocycles. The third-order valence-electron chi connectivity index (χ3n) is 3.15. The Morgan fingerprint density at radius 2 is 2.20 bits per heavy atom. The van der Waals surface area contributed by atoms with E-state index in [4.69, 9.17) is 0 Å². The zero-order valence-corrected chi connectivity index (χ0v) is 11.5. The van der Waals surface area contributed by atoms with Crippen molar-refractivity contribution >= 4 is 28.3 Å². The maximum atomic E-state index is 3.65. The van der Waals surface area contributed by atoms with Gasteiger partial charge in [0.1, 0.15) is 0 Å². The van der Waals surface area contributed by atoms with Crippen LogP contribution in [0.1, 0.15) is 31.7 Å². The van der Waals surface area contributed by atoms with Crippen molar-refractivity contribution < 1.29 is 0 Å². The van der Waals surface area contributed by atoms with E-state index in [1.165, 1.54) is 34.1 Å². The zero-order chi connectivity index (χ0) is 10.8. The standard InChI is InChI=1S/C13H18IN/c1-3-13(10-5-6-10)15-11-7-4-9(2)12(14)8-11/h4,7-8,10,13,15H,3,5-6H2,1-2H3. The van der Waals surface area contributed by atoms with Crippen molar-refractivity contribution in [1.82, 2.24) is 0 Å². The molecule has 1 N–H and O–H groups in total. The van der Waals surface area contributed by atoms with Crippen LogP contribution in [-0.2, 0) is 0 Å². The van der Waals surface area contributed by atoms with Gasteiger partial charge in [0.15, 0.2) is 0 Å². The molecule has 15 heavy (non-hydrogen) atoms. The maximum absolute atomic E-state index is 3.65. The summed E-state index contributed by atoms with van der Waals surface area (Å²) in [5, 5.41) is 3.65. The van der Waals surface area contributed by atoms with Gasteiger partial charge in [-0.15, -0.1) is 0 Å². The molecule has 0 bridgehead atoms. The molecule has 2 rings (SSSR count). The number of hydrogen-bond donors (Lipinski definition) is 1. The first-order valence-corrected chi connectivity index (χ1v) is 6.81. The topological polar surface area (TPSA) is 12.0 Å². The van der Waals surface area contributed by atoms with Crippen molar-refractivity contribution in [3.8, 4) is 0 Å². The Morgan fingerprint density at radius 3 is 2.73 bits per heavy atom. The summed E-state index contributed by atoms with van der Waals surface area (Å²) >= 11 is 2.40. The van der Waals surface area contributed by atoms with E-state index in [9.17, 15) is 0 Å². The first kappa shape index (κ1) is 11.2. The summed E-state index contributed by atoms with van der Waals surface area (Å²) in [4.78, 5) is 0. The highest BCUT2D eigenvalue weighted by molar-refractivity contribution is 14.1. The SMILES string of the molecule is CCC(Nc1ccc(C)c(I)c1)C1CC1. The van der Waals surface area contributed by atoms with Crippen molar-refractivity contribution in [2.75, 3.05) is 5.32 Å². The molecule has 0 amide bonds. The highest BCUT2D eigenvalue weighted by atomic mass is 127. The minimum absolute atomic E-state index is 0.684. The summed E-state index contributed by atoms with van der Waals surface area (Å²) in [5.74, 6) is 0.925. The number of benzene rings is 1. The molecular weight excluding hydrogens is 297 g/mol. The molecule has 1 fully saturated rings. The van der Waals surface area contributed by atoms with E-state index < -0.39 is 0 Å². The highest BCUT2D eigenvalue weighted by Crippen LogP contribution is 2.35. The lowest BCUT2D eigenvalue weighted by Gasteiger charge is -2.18. The zero-order valence-electron chi connectivity index (χ0n) is 9.39. The molecule has 1 saturated carbocycles. The van der Waals surface area contributed by atoms with E-state index in [0.717, 1.165) is 5.92 Å². The van der Waals surface area contributed by atoms with E-state index in [0.29, 0.717) is 6.04 Å². The molecule has 0 radical (unpaired) electrons. The molecule has 2 heteroatoms. The largest absolute Gasteiger partial charge is 0.382 e. The Hall–Kier alpha value is -0.250. The Labute approximate surface area is 106 Å². The quantitative estimate of drug-likeness (QED) is 0.821. The predicted molar refractivity (Wildman–Crippen MR) is 74.3 cm³/mol. The summed E-state index contributed by atoms with van der Waals surface area (Å²) in [6.45, 7) is 4.43. The van der Waals surface area contributed by atoms with Crippen LogP contribution >= 0.6 is 22.6 Å². The number of aryl methyl sites for hydroxylation is 1. The fraction of sp³-hybridized carbons (Fsp3) is 0.538. The van der Waals surface area contributed by atoms with Gasteiger partial charge in [-0.25, -0.2) is 0 Å². The summed E-state index contributed by atoms with van der Waals surface area (Å²) in [6, 6.07) is 7.33.